The molecule has 18 heavy (non-hydrogen) atoms. The average molecular weight is 260 g/mol. The fourth-order valence-corrected chi connectivity index (χ4v) is 2.95. The maximum Gasteiger partial charge on any atom is 0.186 e. The van der Waals surface area contributed by atoms with Gasteiger partial charge in [-0.05, 0) is 20.3 Å². The lowest BCUT2D eigenvalue weighted by Gasteiger charge is -2.25. The Balaban J connectivity index is 2.24. The van der Waals surface area contributed by atoms with Crippen LogP contribution in [0.5, 0.6) is 0 Å². The predicted molar refractivity (Wildman–Crippen MR) is 80.3 cm³/mol. The van der Waals surface area contributed by atoms with Crippen LogP contribution in [0.15, 0.2) is 35.7 Å². The van der Waals surface area contributed by atoms with Gasteiger partial charge in [0.2, 0.25) is 0 Å². The van der Waals surface area contributed by atoms with Crippen molar-refractivity contribution >= 4 is 16.5 Å². The van der Waals surface area contributed by atoms with Crippen molar-refractivity contribution in [3.63, 3.8) is 0 Å². The number of nitrogens with zero attached hydrogens (tertiary/aromatic N) is 2. The minimum absolute atomic E-state index is 0.500. The smallest absolute Gasteiger partial charge is 0.186 e. The van der Waals surface area contributed by atoms with E-state index >= 15 is 0 Å². The first-order chi connectivity index (χ1) is 8.72. The van der Waals surface area contributed by atoms with Crippen LogP contribution in [0.4, 0.5) is 5.13 Å². The molecule has 0 atom stereocenters. The van der Waals surface area contributed by atoms with Crippen LogP contribution in [-0.2, 0) is 0 Å². The van der Waals surface area contributed by atoms with E-state index in [-0.39, 0.29) is 0 Å². The van der Waals surface area contributed by atoms with E-state index in [0.717, 1.165) is 23.8 Å². The Hall–Kier alpha value is -1.35. The van der Waals surface area contributed by atoms with Gasteiger partial charge in [0.15, 0.2) is 5.13 Å². The molecule has 0 saturated carbocycles. The van der Waals surface area contributed by atoms with Crippen LogP contribution in [0.3, 0.4) is 0 Å². The van der Waals surface area contributed by atoms with Gasteiger partial charge in [0.05, 0.1) is 5.69 Å². The Labute approximate surface area is 113 Å². The molecule has 0 aliphatic heterocycles. The molecule has 0 saturated heterocycles. The fourth-order valence-electron chi connectivity index (χ4n) is 1.95. The average Bonchev–Trinajstić information content (AvgIpc) is 2.86. The quantitative estimate of drug-likeness (QED) is 0.790. The van der Waals surface area contributed by atoms with Crippen molar-refractivity contribution < 1.29 is 0 Å². The third kappa shape index (κ3) is 2.91. The zero-order chi connectivity index (χ0) is 13.0. The summed E-state index contributed by atoms with van der Waals surface area (Å²) in [5.74, 6) is 0. The first-order valence-electron chi connectivity index (χ1n) is 6.50. The van der Waals surface area contributed by atoms with Crippen molar-refractivity contribution in [2.24, 2.45) is 0 Å². The Morgan fingerprint density at radius 3 is 2.56 bits per heavy atom. The highest BCUT2D eigenvalue weighted by Gasteiger charge is 2.13. The topological polar surface area (TPSA) is 16.1 Å². The SMILES string of the molecule is CCCN(c1nc(-c2ccccc2)cs1)C(C)C. The molecule has 2 aromatic rings. The molecule has 2 rings (SSSR count). The first kappa shape index (κ1) is 13.1. The van der Waals surface area contributed by atoms with E-state index in [1.54, 1.807) is 11.3 Å². The zero-order valence-corrected chi connectivity index (χ0v) is 12.1. The number of hydrogen-bond acceptors (Lipinski definition) is 3. The molecule has 0 N–H and O–H groups in total. The van der Waals surface area contributed by atoms with Crippen molar-refractivity contribution in [1.82, 2.24) is 4.98 Å². The molecule has 1 aromatic carbocycles. The van der Waals surface area contributed by atoms with Gasteiger partial charge >= 0.3 is 0 Å². The number of anilines is 1. The summed E-state index contributed by atoms with van der Waals surface area (Å²) in [5, 5.41) is 3.28. The van der Waals surface area contributed by atoms with Crippen LogP contribution in [0, 0.1) is 0 Å². The summed E-state index contributed by atoms with van der Waals surface area (Å²) in [7, 11) is 0. The molecule has 0 spiro atoms. The van der Waals surface area contributed by atoms with Crippen molar-refractivity contribution in [2.45, 2.75) is 33.2 Å². The van der Waals surface area contributed by atoms with Crippen LogP contribution in [0.2, 0.25) is 0 Å². The number of aromatic nitrogens is 1. The third-order valence-corrected chi connectivity index (χ3v) is 3.77. The lowest BCUT2D eigenvalue weighted by Crippen LogP contribution is -2.31. The Morgan fingerprint density at radius 2 is 1.94 bits per heavy atom. The highest BCUT2D eigenvalue weighted by atomic mass is 32.1. The summed E-state index contributed by atoms with van der Waals surface area (Å²) in [5.41, 5.74) is 2.28. The number of hydrogen-bond donors (Lipinski definition) is 0. The minimum atomic E-state index is 0.500. The summed E-state index contributed by atoms with van der Waals surface area (Å²) in [6.07, 6.45) is 1.15. The minimum Gasteiger partial charge on any atom is -0.346 e. The molecule has 96 valence electrons. The molecule has 0 unspecified atom stereocenters. The fraction of sp³-hybridized carbons (Fsp3) is 0.400. The molecule has 0 fully saturated rings. The molecule has 1 aromatic heterocycles. The van der Waals surface area contributed by atoms with Crippen LogP contribution in [-0.4, -0.2) is 17.6 Å². The van der Waals surface area contributed by atoms with E-state index in [4.69, 9.17) is 4.98 Å². The van der Waals surface area contributed by atoms with E-state index < -0.39 is 0 Å². The molecule has 0 aliphatic carbocycles. The summed E-state index contributed by atoms with van der Waals surface area (Å²) in [6, 6.07) is 10.9. The van der Waals surface area contributed by atoms with E-state index in [1.807, 2.05) is 6.07 Å². The second kappa shape index (κ2) is 6.01. The second-order valence-electron chi connectivity index (χ2n) is 4.67. The summed E-state index contributed by atoms with van der Waals surface area (Å²) in [6.45, 7) is 7.72. The molecule has 1 heterocycles. The molecule has 0 aliphatic rings. The summed E-state index contributed by atoms with van der Waals surface area (Å²) < 4.78 is 0. The van der Waals surface area contributed by atoms with Crippen LogP contribution < -0.4 is 4.90 Å². The van der Waals surface area contributed by atoms with Gasteiger partial charge in [-0.2, -0.15) is 0 Å². The van der Waals surface area contributed by atoms with Gasteiger partial charge < -0.3 is 4.90 Å². The molecular weight excluding hydrogens is 240 g/mol. The highest BCUT2D eigenvalue weighted by molar-refractivity contribution is 7.14. The number of rotatable bonds is 5. The van der Waals surface area contributed by atoms with Gasteiger partial charge in [0.25, 0.3) is 0 Å². The number of thiazole rings is 1. The molecular formula is C15H20N2S. The van der Waals surface area contributed by atoms with Gasteiger partial charge in [-0.25, -0.2) is 4.98 Å². The normalized spacial score (nSPS) is 10.9. The largest absolute Gasteiger partial charge is 0.346 e. The number of benzene rings is 1. The maximum atomic E-state index is 4.77. The third-order valence-electron chi connectivity index (χ3n) is 2.90. The van der Waals surface area contributed by atoms with E-state index in [2.05, 4.69) is 55.3 Å². The van der Waals surface area contributed by atoms with Gasteiger partial charge in [-0.3, -0.25) is 0 Å². The van der Waals surface area contributed by atoms with Gasteiger partial charge in [-0.15, -0.1) is 11.3 Å². The molecule has 3 heteroatoms. The van der Waals surface area contributed by atoms with E-state index in [1.165, 1.54) is 5.56 Å². The van der Waals surface area contributed by atoms with E-state index in [9.17, 15) is 0 Å². The van der Waals surface area contributed by atoms with Gasteiger partial charge in [-0.1, -0.05) is 37.3 Å². The molecule has 2 nitrogen and oxygen atoms in total. The van der Waals surface area contributed by atoms with Crippen LogP contribution in [0.1, 0.15) is 27.2 Å². The Kier molecular flexibility index (Phi) is 4.37. The molecule has 0 bridgehead atoms. The maximum absolute atomic E-state index is 4.77. The van der Waals surface area contributed by atoms with Crippen molar-refractivity contribution in [3.8, 4) is 11.3 Å². The van der Waals surface area contributed by atoms with Crippen molar-refractivity contribution in [2.75, 3.05) is 11.4 Å². The lowest BCUT2D eigenvalue weighted by atomic mass is 10.2. The van der Waals surface area contributed by atoms with Gasteiger partial charge in [0, 0.05) is 23.5 Å². The Bertz CT molecular complexity index is 476. The van der Waals surface area contributed by atoms with Crippen molar-refractivity contribution in [1.29, 1.82) is 0 Å². The van der Waals surface area contributed by atoms with Gasteiger partial charge in [0.1, 0.15) is 0 Å². The van der Waals surface area contributed by atoms with Crippen LogP contribution in [0.25, 0.3) is 11.3 Å². The van der Waals surface area contributed by atoms with E-state index in [0.29, 0.717) is 6.04 Å². The standard InChI is InChI=1S/C15H20N2S/c1-4-10-17(12(2)3)15-16-14(11-18-15)13-8-6-5-7-9-13/h5-9,11-12H,4,10H2,1-3H3. The summed E-state index contributed by atoms with van der Waals surface area (Å²) in [4.78, 5) is 7.14. The first-order valence-corrected chi connectivity index (χ1v) is 7.38. The van der Waals surface area contributed by atoms with Crippen molar-refractivity contribution in [3.05, 3.63) is 35.7 Å². The molecule has 0 amide bonds. The monoisotopic (exact) mass is 260 g/mol. The van der Waals surface area contributed by atoms with Crippen LogP contribution >= 0.6 is 11.3 Å². The second-order valence-corrected chi connectivity index (χ2v) is 5.51. The molecule has 0 radical (unpaired) electrons. The zero-order valence-electron chi connectivity index (χ0n) is 11.3. The predicted octanol–water partition coefficient (Wildman–Crippen LogP) is 4.43. The Morgan fingerprint density at radius 1 is 1.22 bits per heavy atom. The lowest BCUT2D eigenvalue weighted by molar-refractivity contribution is 0.669. The highest BCUT2D eigenvalue weighted by Crippen LogP contribution is 2.28. The summed E-state index contributed by atoms with van der Waals surface area (Å²) >= 11 is 1.74.